The molecule has 0 aromatic heterocycles. The number of carbonyl (C=O) groups excluding carboxylic acids is 1. The van der Waals surface area contributed by atoms with E-state index >= 15 is 0 Å². The number of fused-ring (bicyclic) bond motifs is 1. The monoisotopic (exact) mass is 248 g/mol. The van der Waals surface area contributed by atoms with Crippen LogP contribution in [0.2, 0.25) is 0 Å². The number of rotatable bonds is 5. The molecule has 1 aromatic carbocycles. The third-order valence-corrected chi connectivity index (χ3v) is 3.36. The number of hydrogen-bond acceptors (Lipinski definition) is 3. The second-order valence-electron chi connectivity index (χ2n) is 4.59. The maximum atomic E-state index is 11.1. The first-order chi connectivity index (χ1) is 8.72. The summed E-state index contributed by atoms with van der Waals surface area (Å²) in [5.41, 5.74) is 8.47. The molecule has 0 aliphatic heterocycles. The highest BCUT2D eigenvalue weighted by Crippen LogP contribution is 2.35. The van der Waals surface area contributed by atoms with Crippen LogP contribution in [-0.4, -0.2) is 19.6 Å². The van der Waals surface area contributed by atoms with Gasteiger partial charge < -0.3 is 15.8 Å². The van der Waals surface area contributed by atoms with Gasteiger partial charge in [0, 0.05) is 19.5 Å². The molecular weight excluding hydrogens is 228 g/mol. The van der Waals surface area contributed by atoms with Gasteiger partial charge in [0.15, 0.2) is 0 Å². The summed E-state index contributed by atoms with van der Waals surface area (Å²) in [5.74, 6) is 0.983. The predicted molar refractivity (Wildman–Crippen MR) is 70.5 cm³/mol. The summed E-state index contributed by atoms with van der Waals surface area (Å²) in [5, 5.41) is 2.60. The van der Waals surface area contributed by atoms with Crippen LogP contribution in [0.15, 0.2) is 18.2 Å². The zero-order valence-corrected chi connectivity index (χ0v) is 10.7. The van der Waals surface area contributed by atoms with Crippen molar-refractivity contribution in [2.75, 3.05) is 13.7 Å². The Morgan fingerprint density at radius 1 is 1.56 bits per heavy atom. The largest absolute Gasteiger partial charge is 0.493 e. The molecule has 0 radical (unpaired) electrons. The van der Waals surface area contributed by atoms with Crippen molar-refractivity contribution in [2.24, 2.45) is 5.73 Å². The third kappa shape index (κ3) is 2.82. The van der Waals surface area contributed by atoms with Gasteiger partial charge in [-0.05, 0) is 36.5 Å². The predicted octanol–water partition coefficient (Wildman–Crippen LogP) is 1.54. The van der Waals surface area contributed by atoms with Crippen LogP contribution in [0.3, 0.4) is 0 Å². The fourth-order valence-electron chi connectivity index (χ4n) is 2.33. The van der Waals surface area contributed by atoms with Gasteiger partial charge in [0.25, 0.3) is 0 Å². The van der Waals surface area contributed by atoms with Crippen molar-refractivity contribution >= 4 is 5.91 Å². The molecule has 1 unspecified atom stereocenters. The van der Waals surface area contributed by atoms with Crippen molar-refractivity contribution in [1.29, 1.82) is 0 Å². The van der Waals surface area contributed by atoms with Gasteiger partial charge in [-0.25, -0.2) is 0 Å². The second-order valence-corrected chi connectivity index (χ2v) is 4.59. The summed E-state index contributed by atoms with van der Waals surface area (Å²) in [7, 11) is 1.65. The van der Waals surface area contributed by atoms with Gasteiger partial charge in [0.1, 0.15) is 5.75 Å². The van der Waals surface area contributed by atoms with Gasteiger partial charge in [0.2, 0.25) is 5.91 Å². The van der Waals surface area contributed by atoms with Crippen LogP contribution in [0, 0.1) is 0 Å². The Bertz CT molecular complexity index is 432. The van der Waals surface area contributed by atoms with Gasteiger partial charge in [-0.15, -0.1) is 0 Å². The lowest BCUT2D eigenvalue weighted by atomic mass is 10.1. The van der Waals surface area contributed by atoms with Crippen molar-refractivity contribution in [3.05, 3.63) is 29.3 Å². The zero-order valence-electron chi connectivity index (χ0n) is 10.7. The summed E-state index contributed by atoms with van der Waals surface area (Å²) in [4.78, 5) is 11.1. The third-order valence-electron chi connectivity index (χ3n) is 3.36. The van der Waals surface area contributed by atoms with E-state index in [9.17, 15) is 4.79 Å². The molecule has 1 atom stereocenters. The lowest BCUT2D eigenvalue weighted by molar-refractivity contribution is -0.120. The van der Waals surface area contributed by atoms with E-state index in [0.717, 1.165) is 25.0 Å². The Morgan fingerprint density at radius 2 is 2.39 bits per heavy atom. The molecule has 1 aliphatic rings. The van der Waals surface area contributed by atoms with Crippen molar-refractivity contribution in [3.63, 3.8) is 0 Å². The molecule has 0 fully saturated rings. The molecule has 1 amide bonds. The van der Waals surface area contributed by atoms with E-state index in [4.69, 9.17) is 10.5 Å². The lowest BCUT2D eigenvalue weighted by Gasteiger charge is -2.11. The topological polar surface area (TPSA) is 64.3 Å². The van der Waals surface area contributed by atoms with Crippen LogP contribution < -0.4 is 15.8 Å². The average Bonchev–Trinajstić information content (AvgIpc) is 2.77. The summed E-state index contributed by atoms with van der Waals surface area (Å²) in [6, 6.07) is 6.19. The van der Waals surface area contributed by atoms with Crippen LogP contribution in [0.5, 0.6) is 5.75 Å². The van der Waals surface area contributed by atoms with Crippen molar-refractivity contribution in [2.45, 2.75) is 31.7 Å². The van der Waals surface area contributed by atoms with Crippen molar-refractivity contribution in [3.8, 4) is 5.75 Å². The smallest absolute Gasteiger partial charge is 0.219 e. The first-order valence-corrected chi connectivity index (χ1v) is 6.43. The molecule has 4 heteroatoms. The van der Waals surface area contributed by atoms with E-state index in [0.29, 0.717) is 13.0 Å². The van der Waals surface area contributed by atoms with Crippen molar-refractivity contribution < 1.29 is 9.53 Å². The van der Waals surface area contributed by atoms with E-state index in [2.05, 4.69) is 11.4 Å². The minimum absolute atomic E-state index is 0.0545. The fourth-order valence-corrected chi connectivity index (χ4v) is 2.33. The minimum atomic E-state index is 0.0545. The molecule has 3 N–H and O–H groups in total. The van der Waals surface area contributed by atoms with E-state index in [1.807, 2.05) is 12.1 Å². The molecular formula is C14H20N2O2. The molecule has 1 aromatic rings. The Labute approximate surface area is 108 Å². The molecule has 0 heterocycles. The Morgan fingerprint density at radius 3 is 3.17 bits per heavy atom. The van der Waals surface area contributed by atoms with Gasteiger partial charge in [-0.1, -0.05) is 12.1 Å². The quantitative estimate of drug-likeness (QED) is 0.777. The maximum Gasteiger partial charge on any atom is 0.219 e. The lowest BCUT2D eigenvalue weighted by Crippen LogP contribution is -2.18. The van der Waals surface area contributed by atoms with E-state index in [1.54, 1.807) is 7.05 Å². The number of ether oxygens (including phenoxy) is 1. The second kappa shape index (κ2) is 5.87. The van der Waals surface area contributed by atoms with Gasteiger partial charge in [0.05, 0.1) is 6.61 Å². The highest BCUT2D eigenvalue weighted by molar-refractivity contribution is 5.75. The van der Waals surface area contributed by atoms with Crippen LogP contribution in [0.4, 0.5) is 0 Å². The van der Waals surface area contributed by atoms with Crippen molar-refractivity contribution in [1.82, 2.24) is 5.32 Å². The fraction of sp³-hybridized carbons (Fsp3) is 0.500. The SMILES string of the molecule is CNC(=O)CCCOc1cccc2c1CCC2N. The minimum Gasteiger partial charge on any atom is -0.493 e. The number of benzene rings is 1. The molecule has 2 rings (SSSR count). The highest BCUT2D eigenvalue weighted by atomic mass is 16.5. The summed E-state index contributed by atoms with van der Waals surface area (Å²) in [6.07, 6.45) is 3.22. The summed E-state index contributed by atoms with van der Waals surface area (Å²) < 4.78 is 5.76. The molecule has 18 heavy (non-hydrogen) atoms. The number of hydrogen-bond donors (Lipinski definition) is 2. The molecule has 98 valence electrons. The normalized spacial score (nSPS) is 17.3. The van der Waals surface area contributed by atoms with E-state index < -0.39 is 0 Å². The first kappa shape index (κ1) is 12.9. The highest BCUT2D eigenvalue weighted by Gasteiger charge is 2.21. The van der Waals surface area contributed by atoms with Gasteiger partial charge in [-0.3, -0.25) is 4.79 Å². The number of nitrogens with one attached hydrogen (secondary N) is 1. The standard InChI is InChI=1S/C14H20N2O2/c1-16-14(17)6-3-9-18-13-5-2-4-10-11(13)7-8-12(10)15/h2,4-5,12H,3,6-9,15H2,1H3,(H,16,17). The molecule has 0 saturated heterocycles. The Kier molecular flexibility index (Phi) is 4.20. The Balaban J connectivity index is 1.89. The van der Waals surface area contributed by atoms with Crippen LogP contribution in [-0.2, 0) is 11.2 Å². The molecule has 0 saturated carbocycles. The molecule has 1 aliphatic carbocycles. The van der Waals surface area contributed by atoms with Crippen LogP contribution in [0.1, 0.15) is 36.4 Å². The summed E-state index contributed by atoms with van der Waals surface area (Å²) in [6.45, 7) is 0.569. The van der Waals surface area contributed by atoms with Crippen LogP contribution in [0.25, 0.3) is 0 Å². The Hall–Kier alpha value is -1.55. The average molecular weight is 248 g/mol. The zero-order chi connectivity index (χ0) is 13.0. The van der Waals surface area contributed by atoms with Gasteiger partial charge >= 0.3 is 0 Å². The van der Waals surface area contributed by atoms with Crippen LogP contribution >= 0.6 is 0 Å². The van der Waals surface area contributed by atoms with E-state index in [-0.39, 0.29) is 11.9 Å². The molecule has 4 nitrogen and oxygen atoms in total. The number of carbonyl (C=O) groups is 1. The van der Waals surface area contributed by atoms with Gasteiger partial charge in [-0.2, -0.15) is 0 Å². The van der Waals surface area contributed by atoms with E-state index in [1.165, 1.54) is 11.1 Å². The number of nitrogens with two attached hydrogens (primary N) is 1. The number of amides is 1. The molecule has 0 spiro atoms. The summed E-state index contributed by atoms with van der Waals surface area (Å²) >= 11 is 0. The maximum absolute atomic E-state index is 11.1. The first-order valence-electron chi connectivity index (χ1n) is 6.43. The molecule has 0 bridgehead atoms.